The Hall–Kier alpha value is -2.59. The van der Waals surface area contributed by atoms with Crippen molar-refractivity contribution < 1.29 is 43.7 Å². The molecule has 4 aliphatic carbocycles. The molecule has 10 nitrogen and oxygen atoms in total. The Morgan fingerprint density at radius 1 is 1.07 bits per heavy atom. The van der Waals surface area contributed by atoms with E-state index in [1.165, 1.54) is 12.0 Å². The Morgan fingerprint density at radius 3 is 2.56 bits per heavy atom. The summed E-state index contributed by atoms with van der Waals surface area (Å²) in [6.45, 7) is 3.86. The molecule has 4 fully saturated rings. The zero-order valence-electron chi connectivity index (χ0n) is 24.4. The smallest absolute Gasteiger partial charge is 0.328 e. The van der Waals surface area contributed by atoms with E-state index >= 15 is 0 Å². The number of aliphatic hydroxyl groups is 2. The van der Waals surface area contributed by atoms with Gasteiger partial charge in [0.2, 0.25) is 11.7 Å². The summed E-state index contributed by atoms with van der Waals surface area (Å²) in [4.78, 5) is 64.0. The van der Waals surface area contributed by atoms with Gasteiger partial charge in [0.1, 0.15) is 11.6 Å². The maximum atomic E-state index is 13.4. The zero-order chi connectivity index (χ0) is 29.7. The van der Waals surface area contributed by atoms with E-state index in [1.54, 1.807) is 6.08 Å². The van der Waals surface area contributed by atoms with Gasteiger partial charge in [0, 0.05) is 24.8 Å². The van der Waals surface area contributed by atoms with Crippen molar-refractivity contribution in [3.8, 4) is 0 Å². The number of allylic oxidation sites excluding steroid dienone is 1. The van der Waals surface area contributed by atoms with Crippen LogP contribution in [0.15, 0.2) is 11.6 Å². The minimum atomic E-state index is -1.73. The van der Waals surface area contributed by atoms with Crippen LogP contribution in [0.1, 0.15) is 84.5 Å². The summed E-state index contributed by atoms with van der Waals surface area (Å²) in [5.74, 6) is -1.87. The summed E-state index contributed by atoms with van der Waals surface area (Å²) in [5.41, 5.74) is -1.74. The first-order valence-corrected chi connectivity index (χ1v) is 15.1. The molecule has 0 bridgehead atoms. The number of Topliss-reactive ketones (excluding diaryl/α,β-unsaturated/α-hetero) is 1. The summed E-state index contributed by atoms with van der Waals surface area (Å²) in [7, 11) is 1.27. The molecule has 10 heteroatoms. The molecule has 8 unspecified atom stereocenters. The molecule has 0 radical (unpaired) electrons. The van der Waals surface area contributed by atoms with Crippen molar-refractivity contribution in [1.82, 2.24) is 4.90 Å². The number of fused-ring (bicyclic) bond motifs is 5. The highest BCUT2D eigenvalue weighted by Gasteiger charge is 2.68. The molecule has 1 amide bonds. The van der Waals surface area contributed by atoms with Gasteiger partial charge >= 0.3 is 11.9 Å². The third kappa shape index (κ3) is 4.84. The molecule has 0 aromatic rings. The van der Waals surface area contributed by atoms with Crippen LogP contribution in [0.4, 0.5) is 0 Å². The number of aliphatic hydroxyl groups excluding tert-OH is 1. The lowest BCUT2D eigenvalue weighted by molar-refractivity contribution is -0.184. The Morgan fingerprint density at radius 2 is 1.83 bits per heavy atom. The number of ether oxygens (including phenoxy) is 2. The number of methoxy groups -OCH3 is 1. The second-order valence-electron chi connectivity index (χ2n) is 13.3. The van der Waals surface area contributed by atoms with E-state index < -0.39 is 47.5 Å². The summed E-state index contributed by atoms with van der Waals surface area (Å²) in [6, 6.07) is -0.643. The van der Waals surface area contributed by atoms with Crippen LogP contribution in [0.25, 0.3) is 0 Å². The van der Waals surface area contributed by atoms with E-state index in [0.717, 1.165) is 18.4 Å². The van der Waals surface area contributed by atoms with Crippen molar-refractivity contribution in [2.45, 2.75) is 102 Å². The molecule has 0 aromatic carbocycles. The van der Waals surface area contributed by atoms with E-state index in [0.29, 0.717) is 38.6 Å². The van der Waals surface area contributed by atoms with Crippen molar-refractivity contribution >= 4 is 29.4 Å². The molecule has 41 heavy (non-hydrogen) atoms. The summed E-state index contributed by atoms with van der Waals surface area (Å²) >= 11 is 0. The monoisotopic (exact) mass is 573 g/mol. The predicted molar refractivity (Wildman–Crippen MR) is 145 cm³/mol. The quantitative estimate of drug-likeness (QED) is 0.438. The van der Waals surface area contributed by atoms with E-state index in [4.69, 9.17) is 9.47 Å². The molecule has 0 aromatic heterocycles. The normalized spacial score (nSPS) is 39.7. The number of carbonyl (C=O) groups excluding carboxylic acids is 5. The maximum Gasteiger partial charge on any atom is 0.328 e. The molecule has 5 rings (SSSR count). The van der Waals surface area contributed by atoms with E-state index in [2.05, 4.69) is 6.92 Å². The molecule has 0 spiro atoms. The van der Waals surface area contributed by atoms with Crippen molar-refractivity contribution in [3.63, 3.8) is 0 Å². The van der Waals surface area contributed by atoms with Gasteiger partial charge in [0.25, 0.3) is 0 Å². The fraction of sp³-hybridized carbons (Fsp3) is 0.774. The van der Waals surface area contributed by atoms with Crippen LogP contribution in [0.2, 0.25) is 0 Å². The predicted octanol–water partition coefficient (Wildman–Crippen LogP) is 2.28. The Labute approximate surface area is 240 Å². The Balaban J connectivity index is 1.20. The zero-order valence-corrected chi connectivity index (χ0v) is 24.4. The molecule has 5 aliphatic rings. The highest BCUT2D eigenvalue weighted by atomic mass is 16.5. The molecular weight excluding hydrogens is 530 g/mol. The average Bonchev–Trinajstić information content (AvgIpc) is 3.53. The van der Waals surface area contributed by atoms with E-state index in [1.807, 2.05) is 6.92 Å². The summed E-state index contributed by atoms with van der Waals surface area (Å²) in [6.07, 6.45) is 5.75. The molecule has 1 aliphatic heterocycles. The highest BCUT2D eigenvalue weighted by molar-refractivity contribution is 5.92. The van der Waals surface area contributed by atoms with Crippen LogP contribution in [-0.2, 0) is 33.4 Å². The number of nitrogens with zero attached hydrogens (tertiary/aromatic N) is 1. The van der Waals surface area contributed by atoms with Gasteiger partial charge in [-0.1, -0.05) is 19.4 Å². The van der Waals surface area contributed by atoms with Gasteiger partial charge in [-0.3, -0.25) is 19.2 Å². The van der Waals surface area contributed by atoms with Gasteiger partial charge in [-0.05, 0) is 80.6 Å². The second kappa shape index (κ2) is 10.9. The lowest BCUT2D eigenvalue weighted by atomic mass is 9.45. The van der Waals surface area contributed by atoms with Gasteiger partial charge in [-0.15, -0.1) is 0 Å². The van der Waals surface area contributed by atoms with Crippen molar-refractivity contribution in [2.75, 3.05) is 20.3 Å². The van der Waals surface area contributed by atoms with Crippen LogP contribution in [0.3, 0.4) is 0 Å². The maximum absolute atomic E-state index is 13.4. The first-order chi connectivity index (χ1) is 19.4. The number of hydrogen-bond donors (Lipinski definition) is 2. The van der Waals surface area contributed by atoms with E-state index in [9.17, 15) is 34.2 Å². The van der Waals surface area contributed by atoms with Gasteiger partial charge in [-0.2, -0.15) is 0 Å². The highest BCUT2D eigenvalue weighted by Crippen LogP contribution is 2.67. The van der Waals surface area contributed by atoms with Crippen LogP contribution < -0.4 is 0 Å². The average molecular weight is 574 g/mol. The molecule has 2 N–H and O–H groups in total. The van der Waals surface area contributed by atoms with Crippen molar-refractivity contribution in [3.05, 3.63) is 11.6 Å². The van der Waals surface area contributed by atoms with Crippen LogP contribution >= 0.6 is 0 Å². The van der Waals surface area contributed by atoms with Gasteiger partial charge in [0.05, 0.1) is 19.6 Å². The third-order valence-electron chi connectivity index (χ3n) is 11.5. The van der Waals surface area contributed by atoms with Crippen molar-refractivity contribution in [2.24, 2.45) is 28.6 Å². The number of carbonyl (C=O) groups is 5. The minimum absolute atomic E-state index is 0.0254. The largest absolute Gasteiger partial charge is 0.467 e. The number of esters is 2. The van der Waals surface area contributed by atoms with Crippen LogP contribution in [0.5, 0.6) is 0 Å². The van der Waals surface area contributed by atoms with Crippen molar-refractivity contribution in [1.29, 1.82) is 0 Å². The fourth-order valence-corrected chi connectivity index (χ4v) is 9.29. The number of amides is 1. The lowest BCUT2D eigenvalue weighted by Crippen LogP contribution is -2.62. The number of likely N-dealkylation sites (tertiary alicyclic amines) is 1. The van der Waals surface area contributed by atoms with Crippen LogP contribution in [0, 0.1) is 28.6 Å². The molecule has 1 saturated heterocycles. The SMILES string of the molecule is COC(=O)C1CCCN1C(=O)CCC(=O)OCC(=O)C1(O)CCC2C3CCC4=CC(=O)CCC4(C)C3C(O)CC21C. The third-order valence-corrected chi connectivity index (χ3v) is 11.5. The van der Waals surface area contributed by atoms with E-state index in [-0.39, 0.29) is 60.5 Å². The first kappa shape index (κ1) is 29.9. The first-order valence-electron chi connectivity index (χ1n) is 15.1. The topological polar surface area (TPSA) is 148 Å². The van der Waals surface area contributed by atoms with Gasteiger partial charge in [-0.25, -0.2) is 4.79 Å². The molecular formula is C31H43NO9. The lowest BCUT2D eigenvalue weighted by Gasteiger charge is -2.60. The Kier molecular flexibility index (Phi) is 7.96. The molecule has 1 heterocycles. The molecule has 226 valence electrons. The second-order valence-corrected chi connectivity index (χ2v) is 13.3. The Bertz CT molecular complexity index is 1160. The number of hydrogen-bond acceptors (Lipinski definition) is 9. The summed E-state index contributed by atoms with van der Waals surface area (Å²) in [5, 5.41) is 23.3. The molecule has 8 atom stereocenters. The molecule has 3 saturated carbocycles. The van der Waals surface area contributed by atoms with Gasteiger partial charge in [0.15, 0.2) is 12.4 Å². The van der Waals surface area contributed by atoms with Crippen LogP contribution in [-0.4, -0.2) is 82.5 Å². The minimum Gasteiger partial charge on any atom is -0.467 e. The fourth-order valence-electron chi connectivity index (χ4n) is 9.29. The number of ketones is 2. The van der Waals surface area contributed by atoms with Gasteiger partial charge < -0.3 is 24.6 Å². The summed E-state index contributed by atoms with van der Waals surface area (Å²) < 4.78 is 9.99. The number of rotatable bonds is 7. The standard InChI is InChI=1S/C31H43NO9/c1-29-12-10-19(33)15-18(29)6-7-20-21-11-13-31(39,30(21,2)16-23(34)27(20)29)24(35)17-41-26(37)9-8-25(36)32-14-4-5-22(32)28(38)40-3/h15,20-23,27,34,39H,4-14,16-17H2,1-3H3.